The van der Waals surface area contributed by atoms with Crippen molar-refractivity contribution in [3.63, 3.8) is 0 Å². The zero-order chi connectivity index (χ0) is 17.2. The third kappa shape index (κ3) is 3.37. The van der Waals surface area contributed by atoms with Gasteiger partial charge >= 0.3 is 0 Å². The van der Waals surface area contributed by atoms with Crippen LogP contribution in [0.3, 0.4) is 0 Å². The normalized spacial score (nSPS) is 22.8. The van der Waals surface area contributed by atoms with Gasteiger partial charge in [-0.25, -0.2) is 8.42 Å². The number of hydrogen-bond donors (Lipinski definition) is 0. The Labute approximate surface area is 142 Å². The molecule has 1 atom stereocenters. The lowest BCUT2D eigenvalue weighted by atomic mass is 9.89. The van der Waals surface area contributed by atoms with Gasteiger partial charge in [0.25, 0.3) is 5.69 Å². The molecule has 130 valence electrons. The molecule has 6 nitrogen and oxygen atoms in total. The molecule has 1 aromatic rings. The second-order valence-corrected chi connectivity index (χ2v) is 8.29. The third-order valence-electron chi connectivity index (χ3n) is 4.86. The number of nitrogens with zero attached hydrogens (tertiary/aromatic N) is 2. The third-order valence-corrected chi connectivity index (χ3v) is 6.78. The average molecular weight is 350 g/mol. The van der Waals surface area contributed by atoms with Crippen molar-refractivity contribution in [2.45, 2.75) is 55.9 Å². The van der Waals surface area contributed by atoms with Crippen LogP contribution >= 0.6 is 0 Å². The van der Waals surface area contributed by atoms with Crippen LogP contribution in [0.1, 0.15) is 44.9 Å². The van der Waals surface area contributed by atoms with E-state index < -0.39 is 14.9 Å². The molecule has 24 heavy (non-hydrogen) atoms. The van der Waals surface area contributed by atoms with Crippen LogP contribution in [0.15, 0.2) is 40.8 Å². The second kappa shape index (κ2) is 7.03. The first-order valence-electron chi connectivity index (χ1n) is 8.45. The molecule has 1 aliphatic carbocycles. The Morgan fingerprint density at radius 2 is 1.83 bits per heavy atom. The van der Waals surface area contributed by atoms with E-state index in [4.69, 9.17) is 0 Å². The monoisotopic (exact) mass is 350 g/mol. The maximum Gasteiger partial charge on any atom is 0.269 e. The van der Waals surface area contributed by atoms with Crippen LogP contribution < -0.4 is 0 Å². The fourth-order valence-electron chi connectivity index (χ4n) is 3.60. The zero-order valence-corrected chi connectivity index (χ0v) is 14.4. The van der Waals surface area contributed by atoms with Crippen molar-refractivity contribution in [2.24, 2.45) is 0 Å². The summed E-state index contributed by atoms with van der Waals surface area (Å²) in [4.78, 5) is 10.4. The van der Waals surface area contributed by atoms with Gasteiger partial charge in [0.1, 0.15) is 0 Å². The minimum absolute atomic E-state index is 0.0563. The molecule has 0 unspecified atom stereocenters. The molecule has 2 aliphatic rings. The molecule has 0 amide bonds. The molecule has 1 fully saturated rings. The fraction of sp³-hybridized carbons (Fsp3) is 0.529. The van der Waals surface area contributed by atoms with Crippen molar-refractivity contribution in [3.8, 4) is 0 Å². The molecule has 7 heteroatoms. The van der Waals surface area contributed by atoms with E-state index in [9.17, 15) is 18.5 Å². The number of rotatable bonds is 4. The van der Waals surface area contributed by atoms with Gasteiger partial charge in [0.15, 0.2) is 0 Å². The number of benzene rings is 1. The lowest BCUT2D eigenvalue weighted by Gasteiger charge is -2.37. The minimum Gasteiger partial charge on any atom is -0.258 e. The summed E-state index contributed by atoms with van der Waals surface area (Å²) >= 11 is 0. The highest BCUT2D eigenvalue weighted by molar-refractivity contribution is 7.89. The molecule has 0 N–H and O–H groups in total. The first-order chi connectivity index (χ1) is 11.5. The van der Waals surface area contributed by atoms with E-state index in [1.165, 1.54) is 36.3 Å². The smallest absolute Gasteiger partial charge is 0.258 e. The van der Waals surface area contributed by atoms with Crippen molar-refractivity contribution >= 4 is 15.7 Å². The lowest BCUT2D eigenvalue weighted by Crippen LogP contribution is -2.44. The Morgan fingerprint density at radius 3 is 2.46 bits per heavy atom. The molecule has 0 aromatic heterocycles. The maximum atomic E-state index is 13.1. The first kappa shape index (κ1) is 17.1. The average Bonchev–Trinajstić information content (AvgIpc) is 2.62. The standard InChI is InChI=1S/C17H22N2O4S/c20-19(21)15-9-11-16(12-10-15)24(22,23)18-13-5-4-8-17(18)14-6-2-1-3-7-14/h6,9-12,17H,1-5,7-8,13H2/t17-/m0/s1. The van der Waals surface area contributed by atoms with E-state index in [-0.39, 0.29) is 16.6 Å². The Kier molecular flexibility index (Phi) is 5.01. The van der Waals surface area contributed by atoms with Crippen molar-refractivity contribution in [1.82, 2.24) is 4.31 Å². The van der Waals surface area contributed by atoms with Gasteiger partial charge in [-0.3, -0.25) is 10.1 Å². The van der Waals surface area contributed by atoms with Crippen molar-refractivity contribution in [2.75, 3.05) is 6.54 Å². The number of sulfonamides is 1. The lowest BCUT2D eigenvalue weighted by molar-refractivity contribution is -0.384. The molecule has 0 saturated carbocycles. The predicted molar refractivity (Wildman–Crippen MR) is 91.2 cm³/mol. The molecule has 1 saturated heterocycles. The van der Waals surface area contributed by atoms with Crippen LogP contribution in [0, 0.1) is 10.1 Å². The maximum absolute atomic E-state index is 13.1. The molecular weight excluding hydrogens is 328 g/mol. The summed E-state index contributed by atoms with van der Waals surface area (Å²) in [5.74, 6) is 0. The summed E-state index contributed by atoms with van der Waals surface area (Å²) in [6, 6.07) is 5.14. The van der Waals surface area contributed by atoms with Crippen LogP contribution in [0.2, 0.25) is 0 Å². The Morgan fingerprint density at radius 1 is 1.08 bits per heavy atom. The highest BCUT2D eigenvalue weighted by atomic mass is 32.2. The number of allylic oxidation sites excluding steroid dienone is 1. The van der Waals surface area contributed by atoms with E-state index in [1.807, 2.05) is 0 Å². The zero-order valence-electron chi connectivity index (χ0n) is 13.6. The van der Waals surface area contributed by atoms with Gasteiger partial charge < -0.3 is 0 Å². The van der Waals surface area contributed by atoms with Crippen LogP contribution in [0.5, 0.6) is 0 Å². The van der Waals surface area contributed by atoms with E-state index in [0.29, 0.717) is 6.54 Å². The van der Waals surface area contributed by atoms with Crippen LogP contribution in [0.25, 0.3) is 0 Å². The molecule has 1 aromatic carbocycles. The molecule has 3 rings (SSSR count). The highest BCUT2D eigenvalue weighted by Crippen LogP contribution is 2.33. The summed E-state index contributed by atoms with van der Waals surface area (Å²) in [6.07, 6.45) is 9.24. The van der Waals surface area contributed by atoms with E-state index >= 15 is 0 Å². The molecule has 1 aliphatic heterocycles. The van der Waals surface area contributed by atoms with Crippen LogP contribution in [-0.2, 0) is 10.0 Å². The quantitative estimate of drug-likeness (QED) is 0.472. The number of hydrogen-bond acceptors (Lipinski definition) is 4. The summed E-state index contributed by atoms with van der Waals surface area (Å²) in [5.41, 5.74) is 1.14. The van der Waals surface area contributed by atoms with Crippen LogP contribution in [0.4, 0.5) is 5.69 Å². The van der Waals surface area contributed by atoms with Gasteiger partial charge in [-0.15, -0.1) is 0 Å². The molecular formula is C17H22N2O4S. The van der Waals surface area contributed by atoms with Crippen molar-refractivity contribution in [3.05, 3.63) is 46.0 Å². The number of piperidine rings is 1. The van der Waals surface area contributed by atoms with Gasteiger partial charge in [-0.1, -0.05) is 18.1 Å². The van der Waals surface area contributed by atoms with Crippen molar-refractivity contribution < 1.29 is 13.3 Å². The molecule has 0 spiro atoms. The second-order valence-electron chi connectivity index (χ2n) is 6.40. The molecule has 1 heterocycles. The van der Waals surface area contributed by atoms with Gasteiger partial charge in [0, 0.05) is 24.7 Å². The fourth-order valence-corrected chi connectivity index (χ4v) is 5.30. The van der Waals surface area contributed by atoms with Crippen LogP contribution in [-0.4, -0.2) is 30.2 Å². The van der Waals surface area contributed by atoms with Gasteiger partial charge in [-0.2, -0.15) is 4.31 Å². The predicted octanol–water partition coefficient (Wildman–Crippen LogP) is 3.64. The number of non-ortho nitro benzene ring substituents is 1. The Balaban J connectivity index is 1.90. The number of nitro benzene ring substituents is 1. The van der Waals surface area contributed by atoms with Gasteiger partial charge in [-0.05, 0) is 50.7 Å². The number of nitro groups is 1. The highest BCUT2D eigenvalue weighted by Gasteiger charge is 2.35. The Bertz CT molecular complexity index is 740. The minimum atomic E-state index is -3.63. The Hall–Kier alpha value is -1.73. The summed E-state index contributed by atoms with van der Waals surface area (Å²) in [6.45, 7) is 0.515. The first-order valence-corrected chi connectivity index (χ1v) is 9.89. The SMILES string of the molecule is O=[N+]([O-])c1ccc(S(=O)(=O)N2CCCC[C@H]2C2=CCCCC2)cc1. The van der Waals surface area contributed by atoms with Gasteiger partial charge in [0.05, 0.1) is 9.82 Å². The van der Waals surface area contributed by atoms with E-state index in [2.05, 4.69) is 6.08 Å². The topological polar surface area (TPSA) is 80.5 Å². The van der Waals surface area contributed by atoms with E-state index in [1.54, 1.807) is 4.31 Å². The largest absolute Gasteiger partial charge is 0.269 e. The van der Waals surface area contributed by atoms with Gasteiger partial charge in [0.2, 0.25) is 10.0 Å². The molecule has 0 radical (unpaired) electrons. The molecule has 0 bridgehead atoms. The van der Waals surface area contributed by atoms with Crippen molar-refractivity contribution in [1.29, 1.82) is 0 Å². The summed E-state index contributed by atoms with van der Waals surface area (Å²) < 4.78 is 27.7. The summed E-state index contributed by atoms with van der Waals surface area (Å²) in [7, 11) is -3.63. The van der Waals surface area contributed by atoms with E-state index in [0.717, 1.165) is 38.5 Å². The summed E-state index contributed by atoms with van der Waals surface area (Å²) in [5, 5.41) is 10.8.